The first-order chi connectivity index (χ1) is 10.5. The Morgan fingerprint density at radius 2 is 1.91 bits per heavy atom. The molecule has 1 aromatic heterocycles. The monoisotopic (exact) mass is 297 g/mol. The molecule has 0 unspecified atom stereocenters. The van der Waals surface area contributed by atoms with Crippen molar-refractivity contribution in [2.75, 3.05) is 0 Å². The number of carboxylic acids is 1. The van der Waals surface area contributed by atoms with Crippen LogP contribution in [0, 0.1) is 6.92 Å². The minimum Gasteiger partial charge on any atom is -0.481 e. The van der Waals surface area contributed by atoms with Crippen LogP contribution in [0.1, 0.15) is 16.7 Å². The van der Waals surface area contributed by atoms with E-state index in [2.05, 4.69) is 0 Å². The molecule has 3 aromatic rings. The summed E-state index contributed by atoms with van der Waals surface area (Å²) in [6.07, 6.45) is -0.199. The highest BCUT2D eigenvalue weighted by molar-refractivity contribution is 5.93. The van der Waals surface area contributed by atoms with Crippen LogP contribution in [0.25, 0.3) is 21.9 Å². The number of carbonyl (C=O) groups is 1. The van der Waals surface area contributed by atoms with E-state index in [-0.39, 0.29) is 18.4 Å². The lowest BCUT2D eigenvalue weighted by atomic mass is 10.0. The zero-order valence-corrected chi connectivity index (χ0v) is 12.1. The first-order valence-electron chi connectivity index (χ1n) is 6.91. The number of fused-ring (bicyclic) bond motifs is 2. The van der Waals surface area contributed by atoms with Gasteiger partial charge in [-0.15, -0.1) is 0 Å². The maximum absolute atomic E-state index is 12.7. The van der Waals surface area contributed by atoms with Gasteiger partial charge in [0.05, 0.1) is 17.2 Å². The summed E-state index contributed by atoms with van der Waals surface area (Å²) in [6, 6.07) is 8.53. The molecule has 2 aromatic carbocycles. The van der Waals surface area contributed by atoms with E-state index in [1.54, 1.807) is 24.3 Å². The van der Waals surface area contributed by atoms with Crippen LogP contribution in [-0.2, 0) is 17.8 Å². The number of carboxylic acid groups (broad SMARTS) is 1. The molecule has 0 radical (unpaired) electrons. The van der Waals surface area contributed by atoms with Crippen LogP contribution in [0.4, 0.5) is 0 Å². The molecule has 0 spiro atoms. The van der Waals surface area contributed by atoms with Crippen molar-refractivity contribution in [3.63, 3.8) is 0 Å². The highest BCUT2D eigenvalue weighted by Gasteiger charge is 2.15. The molecule has 0 atom stereocenters. The predicted octanol–water partition coefficient (Wildman–Crippen LogP) is 2.34. The molecular formula is C17H15NO4. The normalized spacial score (nSPS) is 11.2. The lowest BCUT2D eigenvalue weighted by Crippen LogP contribution is -2.09. The number of para-hydroxylation sites is 1. The summed E-state index contributed by atoms with van der Waals surface area (Å²) in [5, 5.41) is 9.87. The van der Waals surface area contributed by atoms with Crippen molar-refractivity contribution in [1.82, 2.24) is 0 Å². The van der Waals surface area contributed by atoms with Crippen LogP contribution in [0.5, 0.6) is 0 Å². The van der Waals surface area contributed by atoms with E-state index in [0.29, 0.717) is 27.5 Å². The highest BCUT2D eigenvalue weighted by Crippen LogP contribution is 2.26. The Kier molecular flexibility index (Phi) is 3.42. The molecule has 0 saturated carbocycles. The first kappa shape index (κ1) is 14.3. The van der Waals surface area contributed by atoms with Gasteiger partial charge in [-0.1, -0.05) is 18.2 Å². The summed E-state index contributed by atoms with van der Waals surface area (Å²) >= 11 is 0. The quantitative estimate of drug-likeness (QED) is 0.724. The van der Waals surface area contributed by atoms with Gasteiger partial charge >= 0.3 is 5.97 Å². The summed E-state index contributed by atoms with van der Waals surface area (Å²) < 4.78 is 5.92. The molecule has 0 aliphatic rings. The van der Waals surface area contributed by atoms with Gasteiger partial charge in [-0.3, -0.25) is 9.59 Å². The van der Waals surface area contributed by atoms with Gasteiger partial charge in [0.1, 0.15) is 11.2 Å². The third-order valence-electron chi connectivity index (χ3n) is 3.83. The van der Waals surface area contributed by atoms with Crippen molar-refractivity contribution in [2.24, 2.45) is 5.73 Å². The van der Waals surface area contributed by atoms with Gasteiger partial charge in [-0.2, -0.15) is 0 Å². The topological polar surface area (TPSA) is 93.5 Å². The van der Waals surface area contributed by atoms with Crippen molar-refractivity contribution in [3.05, 3.63) is 57.2 Å². The number of rotatable bonds is 3. The molecule has 0 bridgehead atoms. The van der Waals surface area contributed by atoms with Crippen molar-refractivity contribution in [3.8, 4) is 0 Å². The largest absolute Gasteiger partial charge is 0.481 e. The molecule has 0 fully saturated rings. The van der Waals surface area contributed by atoms with E-state index < -0.39 is 5.97 Å². The third kappa shape index (κ3) is 2.16. The van der Waals surface area contributed by atoms with Crippen LogP contribution in [0.2, 0.25) is 0 Å². The minimum absolute atomic E-state index is 0.168. The molecule has 0 saturated heterocycles. The van der Waals surface area contributed by atoms with Gasteiger partial charge in [-0.25, -0.2) is 0 Å². The zero-order chi connectivity index (χ0) is 15.9. The summed E-state index contributed by atoms with van der Waals surface area (Å²) in [5.41, 5.74) is 8.55. The average Bonchev–Trinajstić information content (AvgIpc) is 2.48. The van der Waals surface area contributed by atoms with E-state index in [4.69, 9.17) is 15.3 Å². The zero-order valence-electron chi connectivity index (χ0n) is 12.1. The Bertz CT molecular complexity index is 956. The van der Waals surface area contributed by atoms with Crippen molar-refractivity contribution in [2.45, 2.75) is 19.9 Å². The lowest BCUT2D eigenvalue weighted by molar-refractivity contribution is -0.136. The number of benzene rings is 2. The average molecular weight is 297 g/mol. The number of aryl methyl sites for hydroxylation is 1. The van der Waals surface area contributed by atoms with Crippen LogP contribution in [0.3, 0.4) is 0 Å². The highest BCUT2D eigenvalue weighted by atomic mass is 16.4. The van der Waals surface area contributed by atoms with E-state index in [1.807, 2.05) is 13.0 Å². The molecule has 5 nitrogen and oxygen atoms in total. The molecular weight excluding hydrogens is 282 g/mol. The Morgan fingerprint density at radius 3 is 2.59 bits per heavy atom. The smallest absolute Gasteiger partial charge is 0.307 e. The summed E-state index contributed by atoms with van der Waals surface area (Å²) in [7, 11) is 0. The number of nitrogens with two attached hydrogens (primary N) is 1. The Hall–Kier alpha value is -2.66. The van der Waals surface area contributed by atoms with Gasteiger partial charge in [0, 0.05) is 17.7 Å². The van der Waals surface area contributed by atoms with E-state index in [1.165, 1.54) is 0 Å². The van der Waals surface area contributed by atoms with Crippen molar-refractivity contribution >= 4 is 27.9 Å². The molecule has 0 amide bonds. The fraction of sp³-hybridized carbons (Fsp3) is 0.176. The van der Waals surface area contributed by atoms with Gasteiger partial charge in [0.2, 0.25) is 5.43 Å². The number of hydrogen-bond donors (Lipinski definition) is 2. The molecule has 0 aliphatic carbocycles. The van der Waals surface area contributed by atoms with Gasteiger partial charge < -0.3 is 15.3 Å². The Labute approximate surface area is 126 Å². The fourth-order valence-corrected chi connectivity index (χ4v) is 2.71. The standard InChI is InChI=1S/C17H15NO4/c1-9-5-6-12-15(21)11-4-2-3-10(7-14(19)20)16(11)22-17(12)13(9)8-18/h2-6H,7-8,18H2,1H3,(H,19,20). The second-order valence-electron chi connectivity index (χ2n) is 5.24. The third-order valence-corrected chi connectivity index (χ3v) is 3.83. The Balaban J connectivity index is 2.48. The molecule has 3 rings (SSSR count). The second kappa shape index (κ2) is 5.27. The predicted molar refractivity (Wildman–Crippen MR) is 84.0 cm³/mol. The fourth-order valence-electron chi connectivity index (χ4n) is 2.71. The van der Waals surface area contributed by atoms with Crippen LogP contribution in [0.15, 0.2) is 39.5 Å². The summed E-state index contributed by atoms with van der Waals surface area (Å²) in [6.45, 7) is 2.15. The van der Waals surface area contributed by atoms with E-state index in [0.717, 1.165) is 11.1 Å². The number of hydrogen-bond acceptors (Lipinski definition) is 4. The van der Waals surface area contributed by atoms with Gasteiger partial charge in [0.25, 0.3) is 0 Å². The lowest BCUT2D eigenvalue weighted by Gasteiger charge is -2.10. The van der Waals surface area contributed by atoms with Gasteiger partial charge in [0.15, 0.2) is 0 Å². The van der Waals surface area contributed by atoms with Crippen LogP contribution < -0.4 is 11.2 Å². The summed E-state index contributed by atoms with van der Waals surface area (Å²) in [5.74, 6) is -0.974. The summed E-state index contributed by atoms with van der Waals surface area (Å²) in [4.78, 5) is 23.7. The molecule has 112 valence electrons. The first-order valence-corrected chi connectivity index (χ1v) is 6.91. The molecule has 22 heavy (non-hydrogen) atoms. The molecule has 5 heteroatoms. The van der Waals surface area contributed by atoms with Crippen LogP contribution in [-0.4, -0.2) is 11.1 Å². The maximum atomic E-state index is 12.7. The second-order valence-corrected chi connectivity index (χ2v) is 5.24. The van der Waals surface area contributed by atoms with E-state index >= 15 is 0 Å². The SMILES string of the molecule is Cc1ccc2c(=O)c3cccc(CC(=O)O)c3oc2c1CN. The van der Waals surface area contributed by atoms with Crippen LogP contribution >= 0.6 is 0 Å². The number of aliphatic carboxylic acids is 1. The van der Waals surface area contributed by atoms with Crippen molar-refractivity contribution < 1.29 is 14.3 Å². The molecule has 0 aliphatic heterocycles. The molecule has 3 N–H and O–H groups in total. The molecule has 1 heterocycles. The van der Waals surface area contributed by atoms with E-state index in [9.17, 15) is 9.59 Å². The maximum Gasteiger partial charge on any atom is 0.307 e. The Morgan fingerprint density at radius 1 is 1.18 bits per heavy atom. The van der Waals surface area contributed by atoms with Gasteiger partial charge in [-0.05, 0) is 24.6 Å². The minimum atomic E-state index is -0.974. The van der Waals surface area contributed by atoms with Crippen molar-refractivity contribution in [1.29, 1.82) is 0 Å².